The molecule has 0 spiro atoms. The van der Waals surface area contributed by atoms with Crippen LogP contribution in [-0.4, -0.2) is 35.6 Å². The first kappa shape index (κ1) is 11.4. The Hall–Kier alpha value is -0.570. The molecule has 3 heteroatoms. The van der Waals surface area contributed by atoms with E-state index in [1.807, 2.05) is 25.8 Å². The molecule has 0 amide bonds. The maximum Gasteiger partial charge on any atom is 0.310 e. The molecule has 0 aliphatic heterocycles. The van der Waals surface area contributed by atoms with Crippen LogP contribution in [0.4, 0.5) is 0 Å². The number of rotatable bonds is 4. The smallest absolute Gasteiger partial charge is 0.310 e. The molecule has 0 aliphatic rings. The summed E-state index contributed by atoms with van der Waals surface area (Å²) in [6.07, 6.45) is 0. The maximum atomic E-state index is 10.9. The Labute approximate surface area is 74.4 Å². The van der Waals surface area contributed by atoms with E-state index in [0.717, 1.165) is 6.54 Å². The first-order valence-electron chi connectivity index (χ1n) is 4.27. The van der Waals surface area contributed by atoms with E-state index in [4.69, 9.17) is 5.11 Å². The lowest BCUT2D eigenvalue weighted by atomic mass is 9.85. The van der Waals surface area contributed by atoms with E-state index >= 15 is 0 Å². The molecule has 0 saturated carbocycles. The summed E-state index contributed by atoms with van der Waals surface area (Å²) >= 11 is 0. The molecular weight excluding hydrogens is 154 g/mol. The molecular formula is C9H19NO2. The largest absolute Gasteiger partial charge is 0.481 e. The van der Waals surface area contributed by atoms with E-state index < -0.39 is 11.4 Å². The predicted octanol–water partition coefficient (Wildman–Crippen LogP) is 1.44. The highest BCUT2D eigenvalue weighted by Gasteiger charge is 2.35. The van der Waals surface area contributed by atoms with Gasteiger partial charge >= 0.3 is 5.97 Å². The zero-order valence-electron chi connectivity index (χ0n) is 8.59. The third-order valence-electron chi connectivity index (χ3n) is 2.76. The highest BCUT2D eigenvalue weighted by atomic mass is 16.4. The average Bonchev–Trinajstić information content (AvgIpc) is 2.01. The fourth-order valence-electron chi connectivity index (χ4n) is 1.00. The number of hydrogen-bond donors (Lipinski definition) is 1. The fourth-order valence-corrected chi connectivity index (χ4v) is 1.00. The van der Waals surface area contributed by atoms with Crippen molar-refractivity contribution in [1.82, 2.24) is 4.90 Å². The lowest BCUT2D eigenvalue weighted by molar-refractivity contribution is -0.150. The standard InChI is InChI=1S/C9H19NO2/c1-6-10(5)7(2)9(3,4)8(11)12/h7H,6H2,1-5H3,(H,11,12). The Morgan fingerprint density at radius 2 is 2.00 bits per heavy atom. The topological polar surface area (TPSA) is 40.5 Å². The lowest BCUT2D eigenvalue weighted by Crippen LogP contribution is -2.45. The Kier molecular flexibility index (Phi) is 3.71. The minimum absolute atomic E-state index is 0.0556. The second-order valence-electron chi connectivity index (χ2n) is 3.78. The maximum absolute atomic E-state index is 10.9. The molecule has 1 N–H and O–H groups in total. The van der Waals surface area contributed by atoms with Crippen molar-refractivity contribution in [3.63, 3.8) is 0 Å². The molecule has 72 valence electrons. The van der Waals surface area contributed by atoms with Crippen molar-refractivity contribution < 1.29 is 9.90 Å². The normalized spacial score (nSPS) is 14.8. The van der Waals surface area contributed by atoms with E-state index in [0.29, 0.717) is 0 Å². The SMILES string of the molecule is CCN(C)C(C)C(C)(C)C(=O)O. The molecule has 12 heavy (non-hydrogen) atoms. The van der Waals surface area contributed by atoms with Crippen LogP contribution in [-0.2, 0) is 4.79 Å². The summed E-state index contributed by atoms with van der Waals surface area (Å²) < 4.78 is 0. The number of aliphatic carboxylic acids is 1. The minimum atomic E-state index is -0.740. The Morgan fingerprint density at radius 1 is 1.58 bits per heavy atom. The van der Waals surface area contributed by atoms with Gasteiger partial charge in [-0.2, -0.15) is 0 Å². The van der Waals surface area contributed by atoms with Gasteiger partial charge in [0.1, 0.15) is 0 Å². The van der Waals surface area contributed by atoms with Gasteiger partial charge in [0.15, 0.2) is 0 Å². The van der Waals surface area contributed by atoms with E-state index in [2.05, 4.69) is 0 Å². The molecule has 0 rings (SSSR count). The van der Waals surface area contributed by atoms with E-state index in [1.54, 1.807) is 13.8 Å². The Bertz CT molecular complexity index is 166. The summed E-state index contributed by atoms with van der Waals surface area (Å²) in [6, 6.07) is 0.0556. The summed E-state index contributed by atoms with van der Waals surface area (Å²) in [4.78, 5) is 12.9. The van der Waals surface area contributed by atoms with E-state index in [9.17, 15) is 4.79 Å². The number of carboxylic acid groups (broad SMARTS) is 1. The van der Waals surface area contributed by atoms with Crippen LogP contribution in [0, 0.1) is 5.41 Å². The van der Waals surface area contributed by atoms with Crippen molar-refractivity contribution in [3.8, 4) is 0 Å². The van der Waals surface area contributed by atoms with E-state index in [-0.39, 0.29) is 6.04 Å². The van der Waals surface area contributed by atoms with Crippen LogP contribution >= 0.6 is 0 Å². The van der Waals surface area contributed by atoms with Gasteiger partial charge in [0.2, 0.25) is 0 Å². The van der Waals surface area contributed by atoms with Crippen molar-refractivity contribution in [2.24, 2.45) is 5.41 Å². The van der Waals surface area contributed by atoms with Gasteiger partial charge in [-0.15, -0.1) is 0 Å². The molecule has 0 aromatic heterocycles. The highest BCUT2D eigenvalue weighted by Crippen LogP contribution is 2.24. The van der Waals surface area contributed by atoms with Gasteiger partial charge in [-0.25, -0.2) is 0 Å². The van der Waals surface area contributed by atoms with Crippen LogP contribution in [0.2, 0.25) is 0 Å². The summed E-state index contributed by atoms with van der Waals surface area (Å²) in [7, 11) is 1.94. The highest BCUT2D eigenvalue weighted by molar-refractivity contribution is 5.74. The fraction of sp³-hybridized carbons (Fsp3) is 0.889. The van der Waals surface area contributed by atoms with Crippen molar-refractivity contribution in [3.05, 3.63) is 0 Å². The predicted molar refractivity (Wildman–Crippen MR) is 49.2 cm³/mol. The van der Waals surface area contributed by atoms with Crippen LogP contribution in [0.1, 0.15) is 27.7 Å². The summed E-state index contributed by atoms with van der Waals surface area (Å²) in [5.74, 6) is -0.740. The number of hydrogen-bond acceptors (Lipinski definition) is 2. The molecule has 0 radical (unpaired) electrons. The van der Waals surface area contributed by atoms with Crippen LogP contribution in [0.15, 0.2) is 0 Å². The summed E-state index contributed by atoms with van der Waals surface area (Å²) in [5.41, 5.74) is -0.676. The van der Waals surface area contributed by atoms with Gasteiger partial charge in [-0.3, -0.25) is 4.79 Å². The zero-order chi connectivity index (χ0) is 9.94. The van der Waals surface area contributed by atoms with E-state index in [1.165, 1.54) is 0 Å². The van der Waals surface area contributed by atoms with Gasteiger partial charge in [-0.05, 0) is 34.4 Å². The first-order chi connectivity index (χ1) is 5.34. The second kappa shape index (κ2) is 3.90. The number of nitrogens with zero attached hydrogens (tertiary/aromatic N) is 1. The molecule has 1 unspecified atom stereocenters. The molecule has 0 heterocycles. The van der Waals surface area contributed by atoms with Crippen molar-refractivity contribution in [1.29, 1.82) is 0 Å². The van der Waals surface area contributed by atoms with Crippen LogP contribution in [0.25, 0.3) is 0 Å². The van der Waals surface area contributed by atoms with Gasteiger partial charge in [-0.1, -0.05) is 6.92 Å². The first-order valence-corrected chi connectivity index (χ1v) is 4.27. The van der Waals surface area contributed by atoms with Crippen molar-refractivity contribution in [2.75, 3.05) is 13.6 Å². The van der Waals surface area contributed by atoms with Gasteiger partial charge < -0.3 is 10.0 Å². The Balaban J connectivity index is 4.44. The van der Waals surface area contributed by atoms with Gasteiger partial charge in [0.05, 0.1) is 5.41 Å². The lowest BCUT2D eigenvalue weighted by Gasteiger charge is -2.34. The second-order valence-corrected chi connectivity index (χ2v) is 3.78. The molecule has 0 aromatic rings. The molecule has 1 atom stereocenters. The van der Waals surface area contributed by atoms with Crippen molar-refractivity contribution >= 4 is 5.97 Å². The monoisotopic (exact) mass is 173 g/mol. The van der Waals surface area contributed by atoms with Crippen molar-refractivity contribution in [2.45, 2.75) is 33.7 Å². The number of carbonyl (C=O) groups is 1. The quantitative estimate of drug-likeness (QED) is 0.699. The third-order valence-corrected chi connectivity index (χ3v) is 2.76. The van der Waals surface area contributed by atoms with Gasteiger partial charge in [0, 0.05) is 6.04 Å². The molecule has 0 bridgehead atoms. The van der Waals surface area contributed by atoms with Crippen LogP contribution in [0.3, 0.4) is 0 Å². The molecule has 0 aliphatic carbocycles. The third kappa shape index (κ3) is 2.21. The van der Waals surface area contributed by atoms with Gasteiger partial charge in [0.25, 0.3) is 0 Å². The van der Waals surface area contributed by atoms with Crippen LogP contribution < -0.4 is 0 Å². The molecule has 0 saturated heterocycles. The summed E-state index contributed by atoms with van der Waals surface area (Å²) in [5, 5.41) is 8.93. The minimum Gasteiger partial charge on any atom is -0.481 e. The summed E-state index contributed by atoms with van der Waals surface area (Å²) in [6.45, 7) is 8.35. The number of carboxylic acids is 1. The van der Waals surface area contributed by atoms with Crippen LogP contribution in [0.5, 0.6) is 0 Å². The molecule has 3 nitrogen and oxygen atoms in total. The Morgan fingerprint density at radius 3 is 2.25 bits per heavy atom. The molecule has 0 aromatic carbocycles. The average molecular weight is 173 g/mol. The molecule has 0 fully saturated rings. The zero-order valence-corrected chi connectivity index (χ0v) is 8.59.